The molecule has 0 atom stereocenters. The zero-order valence-corrected chi connectivity index (χ0v) is 20.4. The Morgan fingerprint density at radius 2 is 1.92 bits per heavy atom. The number of benzene rings is 1. The predicted octanol–water partition coefficient (Wildman–Crippen LogP) is 4.76. The summed E-state index contributed by atoms with van der Waals surface area (Å²) in [6.45, 7) is 1.67. The lowest BCUT2D eigenvalue weighted by molar-refractivity contribution is -0.131. The molecule has 0 unspecified atom stereocenters. The van der Waals surface area contributed by atoms with E-state index in [1.807, 2.05) is 44.2 Å². The number of halogens is 2. The average molecular weight is 502 g/mol. The standard InChI is InChI=1S/C25H29F2N5O4/c1-16(2)18-6-4-5-7-20(18)32(17-11-14-31(15-12-17)22(33)10-13-28)25(34)29-19-8-9-21(35-3)30-23(19)36-24(26)27/h4-9,16-17,24H,10-12,14-15H2,1-3H3,(H,29,34). The second-order valence-electron chi connectivity index (χ2n) is 8.55. The van der Waals surface area contributed by atoms with Crippen molar-refractivity contribution in [3.63, 3.8) is 0 Å². The third-order valence-corrected chi connectivity index (χ3v) is 5.94. The van der Waals surface area contributed by atoms with Crippen LogP contribution in [0.5, 0.6) is 11.8 Å². The van der Waals surface area contributed by atoms with Gasteiger partial charge in [0.15, 0.2) is 0 Å². The number of ether oxygens (including phenoxy) is 2. The van der Waals surface area contributed by atoms with Crippen molar-refractivity contribution in [3.8, 4) is 17.8 Å². The van der Waals surface area contributed by atoms with Crippen molar-refractivity contribution in [1.82, 2.24) is 9.88 Å². The topological polar surface area (TPSA) is 108 Å². The van der Waals surface area contributed by atoms with E-state index in [0.29, 0.717) is 31.6 Å². The summed E-state index contributed by atoms with van der Waals surface area (Å²) >= 11 is 0. The highest BCUT2D eigenvalue weighted by atomic mass is 19.3. The minimum atomic E-state index is -3.15. The highest BCUT2D eigenvalue weighted by Crippen LogP contribution is 2.33. The van der Waals surface area contributed by atoms with Gasteiger partial charge in [-0.05, 0) is 36.5 Å². The Hall–Kier alpha value is -3.94. The van der Waals surface area contributed by atoms with Crippen LogP contribution in [-0.2, 0) is 4.79 Å². The van der Waals surface area contributed by atoms with Gasteiger partial charge in [0.2, 0.25) is 17.7 Å². The lowest BCUT2D eigenvalue weighted by Gasteiger charge is -2.39. The van der Waals surface area contributed by atoms with E-state index >= 15 is 0 Å². The van der Waals surface area contributed by atoms with Crippen LogP contribution < -0.4 is 19.7 Å². The summed E-state index contributed by atoms with van der Waals surface area (Å²) in [4.78, 5) is 33.0. The Morgan fingerprint density at radius 1 is 1.22 bits per heavy atom. The molecule has 2 aromatic rings. The molecule has 2 heterocycles. The predicted molar refractivity (Wildman–Crippen MR) is 129 cm³/mol. The van der Waals surface area contributed by atoms with Crippen LogP contribution in [-0.4, -0.2) is 54.7 Å². The molecule has 0 aliphatic carbocycles. The molecule has 0 bridgehead atoms. The number of alkyl halides is 2. The van der Waals surface area contributed by atoms with Crippen molar-refractivity contribution in [2.45, 2.75) is 51.7 Å². The average Bonchev–Trinajstić information content (AvgIpc) is 2.85. The van der Waals surface area contributed by atoms with Crippen molar-refractivity contribution in [3.05, 3.63) is 42.0 Å². The third kappa shape index (κ3) is 6.38. The van der Waals surface area contributed by atoms with E-state index in [4.69, 9.17) is 10.00 Å². The monoisotopic (exact) mass is 501 g/mol. The minimum Gasteiger partial charge on any atom is -0.481 e. The lowest BCUT2D eigenvalue weighted by atomic mass is 9.97. The van der Waals surface area contributed by atoms with Gasteiger partial charge in [-0.3, -0.25) is 9.69 Å². The number of hydrogen-bond acceptors (Lipinski definition) is 6. The summed E-state index contributed by atoms with van der Waals surface area (Å²) in [6.07, 6.45) is 0.777. The number of nitriles is 1. The number of methoxy groups -OCH3 is 1. The van der Waals surface area contributed by atoms with Crippen LogP contribution in [0.25, 0.3) is 0 Å². The van der Waals surface area contributed by atoms with Crippen LogP contribution in [0.1, 0.15) is 44.6 Å². The Kier molecular flexibility index (Phi) is 9.00. The molecule has 0 spiro atoms. The minimum absolute atomic E-state index is 0.0326. The Labute approximate surface area is 208 Å². The Morgan fingerprint density at radius 3 is 2.53 bits per heavy atom. The van der Waals surface area contributed by atoms with E-state index in [0.717, 1.165) is 5.56 Å². The number of carbonyl (C=O) groups excluding carboxylic acids is 2. The quantitative estimate of drug-likeness (QED) is 0.559. The maximum Gasteiger partial charge on any atom is 0.388 e. The second-order valence-corrected chi connectivity index (χ2v) is 8.55. The summed E-state index contributed by atoms with van der Waals surface area (Å²) < 4.78 is 35.5. The number of piperidine rings is 1. The first kappa shape index (κ1) is 26.7. The summed E-state index contributed by atoms with van der Waals surface area (Å²) in [5.41, 5.74) is 1.59. The number of anilines is 2. The van der Waals surface area contributed by atoms with Gasteiger partial charge in [-0.25, -0.2) is 4.79 Å². The number of carbonyl (C=O) groups is 2. The van der Waals surface area contributed by atoms with Gasteiger partial charge in [-0.2, -0.15) is 19.0 Å². The normalized spacial score (nSPS) is 13.9. The molecule has 3 amide bonds. The van der Waals surface area contributed by atoms with E-state index in [1.165, 1.54) is 19.2 Å². The van der Waals surface area contributed by atoms with Crippen LogP contribution in [0.4, 0.5) is 25.0 Å². The summed E-state index contributed by atoms with van der Waals surface area (Å²) in [5, 5.41) is 11.5. The van der Waals surface area contributed by atoms with Gasteiger partial charge in [0.05, 0.1) is 13.2 Å². The molecule has 1 aromatic carbocycles. The molecule has 1 aliphatic heterocycles. The molecule has 3 rings (SSSR count). The van der Waals surface area contributed by atoms with E-state index in [1.54, 1.807) is 9.80 Å². The van der Waals surface area contributed by atoms with Crippen LogP contribution >= 0.6 is 0 Å². The van der Waals surface area contributed by atoms with E-state index in [-0.39, 0.29) is 35.9 Å². The van der Waals surface area contributed by atoms with Crippen molar-refractivity contribution in [2.24, 2.45) is 0 Å². The fourth-order valence-electron chi connectivity index (χ4n) is 4.20. The molecular formula is C25H29F2N5O4. The van der Waals surface area contributed by atoms with Gasteiger partial charge in [-0.15, -0.1) is 0 Å². The van der Waals surface area contributed by atoms with Gasteiger partial charge >= 0.3 is 12.6 Å². The number of rotatable bonds is 8. The molecule has 11 heteroatoms. The molecule has 36 heavy (non-hydrogen) atoms. The number of nitrogens with one attached hydrogen (secondary N) is 1. The summed E-state index contributed by atoms with van der Waals surface area (Å²) in [5.74, 6) is -0.548. The summed E-state index contributed by atoms with van der Waals surface area (Å²) in [7, 11) is 1.34. The fraction of sp³-hybridized carbons (Fsp3) is 0.440. The largest absolute Gasteiger partial charge is 0.481 e. The molecule has 1 aromatic heterocycles. The number of nitrogens with zero attached hydrogens (tertiary/aromatic N) is 4. The van der Waals surface area contributed by atoms with Crippen LogP contribution in [0, 0.1) is 11.3 Å². The Bertz CT molecular complexity index is 1110. The number of likely N-dealkylation sites (tertiary alicyclic amines) is 1. The second kappa shape index (κ2) is 12.2. The van der Waals surface area contributed by atoms with Crippen LogP contribution in [0.2, 0.25) is 0 Å². The summed E-state index contributed by atoms with van der Waals surface area (Å²) in [6, 6.07) is 11.4. The molecule has 9 nitrogen and oxygen atoms in total. The zero-order chi connectivity index (χ0) is 26.2. The smallest absolute Gasteiger partial charge is 0.388 e. The van der Waals surface area contributed by atoms with Crippen molar-refractivity contribution in [2.75, 3.05) is 30.4 Å². The number of amides is 3. The molecular weight excluding hydrogens is 472 g/mol. The van der Waals surface area contributed by atoms with Gasteiger partial charge in [-0.1, -0.05) is 32.0 Å². The first-order valence-corrected chi connectivity index (χ1v) is 11.6. The fourth-order valence-corrected chi connectivity index (χ4v) is 4.20. The molecule has 0 saturated carbocycles. The number of hydrogen-bond donors (Lipinski definition) is 1. The van der Waals surface area contributed by atoms with Crippen molar-refractivity contribution in [1.29, 1.82) is 5.26 Å². The van der Waals surface area contributed by atoms with Gasteiger partial charge < -0.3 is 19.7 Å². The number of para-hydroxylation sites is 1. The molecule has 1 fully saturated rings. The van der Waals surface area contributed by atoms with Crippen LogP contribution in [0.15, 0.2) is 36.4 Å². The molecule has 192 valence electrons. The number of pyridine rings is 1. The highest BCUT2D eigenvalue weighted by Gasteiger charge is 2.32. The van der Waals surface area contributed by atoms with Crippen molar-refractivity contribution >= 4 is 23.3 Å². The number of aromatic nitrogens is 1. The van der Waals surface area contributed by atoms with Gasteiger partial charge in [0, 0.05) is 30.9 Å². The van der Waals surface area contributed by atoms with E-state index in [9.17, 15) is 18.4 Å². The highest BCUT2D eigenvalue weighted by molar-refractivity contribution is 6.03. The molecule has 1 saturated heterocycles. The maximum atomic E-state index is 13.7. The van der Waals surface area contributed by atoms with E-state index < -0.39 is 18.5 Å². The SMILES string of the molecule is COc1ccc(NC(=O)N(c2ccccc2C(C)C)C2CCN(C(=O)CC#N)CC2)c(OC(F)F)n1. The van der Waals surface area contributed by atoms with Crippen molar-refractivity contribution < 1.29 is 27.8 Å². The van der Waals surface area contributed by atoms with Gasteiger partial charge in [0.25, 0.3) is 0 Å². The lowest BCUT2D eigenvalue weighted by Crippen LogP contribution is -2.50. The molecule has 1 N–H and O–H groups in total. The third-order valence-electron chi connectivity index (χ3n) is 5.94. The molecule has 1 aliphatic rings. The maximum absolute atomic E-state index is 13.7. The Balaban J connectivity index is 1.93. The van der Waals surface area contributed by atoms with Crippen LogP contribution in [0.3, 0.4) is 0 Å². The molecule has 0 radical (unpaired) electrons. The van der Waals surface area contributed by atoms with E-state index in [2.05, 4.69) is 15.0 Å². The first-order valence-electron chi connectivity index (χ1n) is 11.6. The zero-order valence-electron chi connectivity index (χ0n) is 20.4. The first-order chi connectivity index (χ1) is 17.2. The number of urea groups is 1. The van der Waals surface area contributed by atoms with Gasteiger partial charge in [0.1, 0.15) is 12.1 Å².